The van der Waals surface area contributed by atoms with E-state index in [1.165, 1.54) is 49.7 Å². The van der Waals surface area contributed by atoms with E-state index in [-0.39, 0.29) is 10.8 Å². The van der Waals surface area contributed by atoms with Crippen molar-refractivity contribution in [1.29, 1.82) is 0 Å². The molecule has 3 rings (SSSR count). The van der Waals surface area contributed by atoms with Gasteiger partial charge >= 0.3 is 0 Å². The number of aromatic hydroxyl groups is 2. The fourth-order valence-electron chi connectivity index (χ4n) is 5.16. The van der Waals surface area contributed by atoms with Crippen LogP contribution in [0.1, 0.15) is 120 Å². The highest BCUT2D eigenvalue weighted by Crippen LogP contribution is 2.41. The van der Waals surface area contributed by atoms with Crippen LogP contribution in [0.3, 0.4) is 0 Å². The van der Waals surface area contributed by atoms with Gasteiger partial charge in [0.25, 0.3) is 0 Å². The number of phenols is 2. The first-order valence-electron chi connectivity index (χ1n) is 14.2. The summed E-state index contributed by atoms with van der Waals surface area (Å²) in [5.41, 5.74) is 6.95. The minimum atomic E-state index is 0.0668. The third-order valence-corrected chi connectivity index (χ3v) is 10.9. The molecule has 4 heteroatoms. The van der Waals surface area contributed by atoms with Gasteiger partial charge in [-0.3, -0.25) is 0 Å². The molecule has 0 aromatic heterocycles. The first-order chi connectivity index (χ1) is 17.3. The first kappa shape index (κ1) is 30.3. The van der Waals surface area contributed by atoms with Crippen molar-refractivity contribution in [2.45, 2.75) is 133 Å². The molecule has 2 N–H and O–H groups in total. The normalized spacial score (nSPS) is 19.5. The molecule has 0 amide bonds. The van der Waals surface area contributed by atoms with Crippen LogP contribution in [0.2, 0.25) is 0 Å². The minimum Gasteiger partial charge on any atom is -0.507 e. The van der Waals surface area contributed by atoms with Gasteiger partial charge in [-0.25, -0.2) is 0 Å². The molecule has 0 heterocycles. The molecule has 1 aliphatic carbocycles. The molecular formula is C33H50O2S2. The van der Waals surface area contributed by atoms with E-state index in [0.717, 1.165) is 40.2 Å². The Balaban J connectivity index is 1.80. The molecule has 1 aliphatic rings. The Kier molecular flexibility index (Phi) is 10.4. The van der Waals surface area contributed by atoms with Crippen LogP contribution in [0.15, 0.2) is 24.3 Å². The predicted octanol–water partition coefficient (Wildman–Crippen LogP) is 9.82. The van der Waals surface area contributed by atoms with Gasteiger partial charge in [-0.15, -0.1) is 0 Å². The lowest BCUT2D eigenvalue weighted by Gasteiger charge is -2.30. The molecule has 2 atom stereocenters. The van der Waals surface area contributed by atoms with Crippen LogP contribution in [0.5, 0.6) is 11.5 Å². The van der Waals surface area contributed by atoms with Crippen molar-refractivity contribution in [3.63, 3.8) is 0 Å². The summed E-state index contributed by atoms with van der Waals surface area (Å²) in [6.45, 7) is 17.6. The van der Waals surface area contributed by atoms with Crippen LogP contribution < -0.4 is 0 Å². The van der Waals surface area contributed by atoms with Crippen molar-refractivity contribution < 1.29 is 10.2 Å². The Labute approximate surface area is 235 Å². The third-order valence-electron chi connectivity index (χ3n) is 7.81. The molecule has 1 fully saturated rings. The molecule has 0 bridgehead atoms. The van der Waals surface area contributed by atoms with Crippen LogP contribution in [0, 0.1) is 6.92 Å². The number of rotatable bonds is 7. The van der Waals surface area contributed by atoms with Crippen molar-refractivity contribution in [2.75, 3.05) is 0 Å². The van der Waals surface area contributed by atoms with E-state index in [1.807, 2.05) is 30.4 Å². The number of benzene rings is 2. The second-order valence-electron chi connectivity index (χ2n) is 13.0. The summed E-state index contributed by atoms with van der Waals surface area (Å²) in [7, 11) is 0. The second-order valence-corrected chi connectivity index (χ2v) is 15.4. The Hall–Kier alpha value is -1.26. The molecule has 0 saturated heterocycles. The van der Waals surface area contributed by atoms with Crippen molar-refractivity contribution >= 4 is 23.5 Å². The second kappa shape index (κ2) is 12.7. The van der Waals surface area contributed by atoms with E-state index in [9.17, 15) is 10.2 Å². The summed E-state index contributed by atoms with van der Waals surface area (Å²) in [5.74, 6) is 2.67. The van der Waals surface area contributed by atoms with Crippen LogP contribution in [0.25, 0.3) is 0 Å². The average Bonchev–Trinajstić information content (AvgIpc) is 2.79. The first-order valence-corrected chi connectivity index (χ1v) is 16.3. The van der Waals surface area contributed by atoms with E-state index >= 15 is 0 Å². The van der Waals surface area contributed by atoms with E-state index in [4.69, 9.17) is 0 Å². The Morgan fingerprint density at radius 2 is 1.11 bits per heavy atom. The summed E-state index contributed by atoms with van der Waals surface area (Å²) in [6, 6.07) is 8.80. The fraction of sp³-hybridized carbons (Fsp3) is 0.636. The topological polar surface area (TPSA) is 40.5 Å². The van der Waals surface area contributed by atoms with Gasteiger partial charge in [0.05, 0.1) is 0 Å². The van der Waals surface area contributed by atoms with E-state index < -0.39 is 0 Å². The van der Waals surface area contributed by atoms with Crippen molar-refractivity contribution in [2.24, 2.45) is 0 Å². The van der Waals surface area contributed by atoms with E-state index in [2.05, 4.69) is 72.7 Å². The lowest BCUT2D eigenvalue weighted by atomic mass is 9.84. The minimum absolute atomic E-state index is 0.0668. The maximum atomic E-state index is 11.0. The molecule has 2 aromatic rings. The maximum absolute atomic E-state index is 11.0. The molecule has 37 heavy (non-hydrogen) atoms. The summed E-state index contributed by atoms with van der Waals surface area (Å²) < 4.78 is 0. The number of hydrogen-bond acceptors (Lipinski definition) is 4. The Morgan fingerprint density at radius 3 is 1.57 bits per heavy atom. The largest absolute Gasteiger partial charge is 0.507 e. The molecular weight excluding hydrogens is 492 g/mol. The summed E-state index contributed by atoms with van der Waals surface area (Å²) >= 11 is 4.07. The van der Waals surface area contributed by atoms with Crippen LogP contribution >= 0.6 is 23.5 Å². The SMILES string of the molecule is CCc1cc(C(C)(C)C)cc(CSC2CCCCCCC2SCc2cc(C(C)(C)C)cc(C)c2O)c1O. The van der Waals surface area contributed by atoms with Crippen LogP contribution in [-0.4, -0.2) is 20.7 Å². The molecule has 1 saturated carbocycles. The van der Waals surface area contributed by atoms with Crippen molar-refractivity contribution in [3.05, 3.63) is 57.6 Å². The van der Waals surface area contributed by atoms with E-state index in [0.29, 0.717) is 22.0 Å². The molecule has 0 aliphatic heterocycles. The highest BCUT2D eigenvalue weighted by atomic mass is 32.2. The molecule has 0 radical (unpaired) electrons. The third kappa shape index (κ3) is 8.12. The lowest BCUT2D eigenvalue weighted by molar-refractivity contribution is 0.462. The number of phenolic OH excluding ortho intramolecular Hbond substituents is 2. The van der Waals surface area contributed by atoms with Crippen LogP contribution in [0.4, 0.5) is 0 Å². The molecule has 0 spiro atoms. The van der Waals surface area contributed by atoms with Gasteiger partial charge in [0.1, 0.15) is 11.5 Å². The zero-order valence-electron chi connectivity index (χ0n) is 24.5. The van der Waals surface area contributed by atoms with Crippen LogP contribution in [-0.2, 0) is 28.8 Å². The number of thioether (sulfide) groups is 2. The summed E-state index contributed by atoms with van der Waals surface area (Å²) in [4.78, 5) is 0. The van der Waals surface area contributed by atoms with Crippen molar-refractivity contribution in [1.82, 2.24) is 0 Å². The molecule has 206 valence electrons. The maximum Gasteiger partial charge on any atom is 0.122 e. The van der Waals surface area contributed by atoms with E-state index in [1.54, 1.807) is 0 Å². The number of aryl methyl sites for hydroxylation is 2. The number of hydrogen-bond donors (Lipinski definition) is 2. The van der Waals surface area contributed by atoms with Gasteiger partial charge in [-0.1, -0.05) is 98.4 Å². The smallest absolute Gasteiger partial charge is 0.122 e. The quantitative estimate of drug-likeness (QED) is 0.365. The fourth-order valence-corrected chi connectivity index (χ4v) is 8.23. The summed E-state index contributed by atoms with van der Waals surface area (Å²) in [6.07, 6.45) is 8.54. The standard InChI is InChI=1S/C33H50O2S2/c1-9-23-17-27(33(6,7)8)19-25(31(23)35)21-37-29-15-13-11-10-12-14-28(29)36-20-24-18-26(32(3,4)5)16-22(2)30(24)34/h16-19,28-29,34-35H,9-15,20-21H2,1-8H3. The Bertz CT molecular complexity index is 1050. The highest BCUT2D eigenvalue weighted by Gasteiger charge is 2.26. The van der Waals surface area contributed by atoms with Gasteiger partial charge in [-0.05, 0) is 59.3 Å². The Morgan fingerprint density at radius 1 is 0.676 bits per heavy atom. The average molecular weight is 543 g/mol. The monoisotopic (exact) mass is 542 g/mol. The molecule has 2 nitrogen and oxygen atoms in total. The summed E-state index contributed by atoms with van der Waals surface area (Å²) in [5, 5.41) is 23.0. The predicted molar refractivity (Wildman–Crippen MR) is 166 cm³/mol. The highest BCUT2D eigenvalue weighted by molar-refractivity contribution is 8.03. The zero-order valence-corrected chi connectivity index (χ0v) is 26.2. The molecule has 2 aromatic carbocycles. The van der Waals surface area contributed by atoms with Crippen molar-refractivity contribution in [3.8, 4) is 11.5 Å². The zero-order chi connectivity index (χ0) is 27.4. The van der Waals surface area contributed by atoms with Gasteiger partial charge in [0.15, 0.2) is 0 Å². The van der Waals surface area contributed by atoms with Gasteiger partial charge < -0.3 is 10.2 Å². The lowest BCUT2D eigenvalue weighted by Crippen LogP contribution is -2.22. The van der Waals surface area contributed by atoms with Gasteiger partial charge in [-0.2, -0.15) is 23.5 Å². The van der Waals surface area contributed by atoms with Gasteiger partial charge in [0, 0.05) is 33.1 Å². The molecule has 2 unspecified atom stereocenters. The van der Waals surface area contributed by atoms with Gasteiger partial charge in [0.2, 0.25) is 0 Å².